The number of hydrogen-bond acceptors (Lipinski definition) is 4. The number of phenolic OH excluding ortho intramolecular Hbond substituents is 1. The first kappa shape index (κ1) is 15.1. The van der Waals surface area contributed by atoms with Crippen LogP contribution in [0, 0.1) is 11.3 Å². The summed E-state index contributed by atoms with van der Waals surface area (Å²) in [6, 6.07) is 12.2. The first-order valence-electron chi connectivity index (χ1n) is 6.74. The van der Waals surface area contributed by atoms with Gasteiger partial charge < -0.3 is 14.2 Å². The second kappa shape index (κ2) is 6.15. The van der Waals surface area contributed by atoms with Crippen molar-refractivity contribution >= 4 is 27.4 Å². The number of carbonyl (C=O) groups excluding carboxylic acids is 1. The zero-order chi connectivity index (χ0) is 16.4. The Balaban J connectivity index is 1.85. The van der Waals surface area contributed by atoms with Crippen molar-refractivity contribution in [2.45, 2.75) is 6.61 Å². The van der Waals surface area contributed by atoms with Crippen LogP contribution in [0.15, 0.2) is 53.3 Å². The molecule has 0 aliphatic heterocycles. The van der Waals surface area contributed by atoms with Gasteiger partial charge in [-0.15, -0.1) is 0 Å². The van der Waals surface area contributed by atoms with Gasteiger partial charge in [0.1, 0.15) is 24.0 Å². The maximum absolute atomic E-state index is 12.1. The summed E-state index contributed by atoms with van der Waals surface area (Å²) in [6.45, 7) is -0.0463. The monoisotopic (exact) mass is 370 g/mol. The lowest BCUT2D eigenvalue weighted by atomic mass is 10.2. The predicted octanol–water partition coefficient (Wildman–Crippen LogP) is 3.64. The van der Waals surface area contributed by atoms with Gasteiger partial charge in [0.25, 0.3) is 0 Å². The number of benzene rings is 1. The van der Waals surface area contributed by atoms with Crippen LogP contribution in [0.5, 0.6) is 5.75 Å². The first-order chi connectivity index (χ1) is 11.1. The molecule has 3 rings (SSSR count). The second-order valence-corrected chi connectivity index (χ2v) is 5.79. The lowest BCUT2D eigenvalue weighted by Gasteiger charge is -2.06. The molecule has 0 saturated carbocycles. The Morgan fingerprint density at radius 3 is 2.96 bits per heavy atom. The maximum atomic E-state index is 12.1. The largest absolute Gasteiger partial charge is 0.507 e. The molecule has 0 spiro atoms. The van der Waals surface area contributed by atoms with E-state index in [1.54, 1.807) is 16.7 Å². The summed E-state index contributed by atoms with van der Waals surface area (Å²) in [5.74, 6) is -0.802. The van der Waals surface area contributed by atoms with Gasteiger partial charge >= 0.3 is 5.97 Å². The molecule has 3 aromatic rings. The van der Waals surface area contributed by atoms with E-state index in [1.807, 2.05) is 24.4 Å². The number of halogens is 1. The van der Waals surface area contributed by atoms with E-state index < -0.39 is 5.97 Å². The molecule has 0 aliphatic rings. The topological polar surface area (TPSA) is 74.7 Å². The Bertz CT molecular complexity index is 941. The number of carbonyl (C=O) groups is 1. The number of rotatable bonds is 3. The summed E-state index contributed by atoms with van der Waals surface area (Å²) in [7, 11) is 0. The van der Waals surface area contributed by atoms with Gasteiger partial charge in [-0.05, 0) is 30.3 Å². The standard InChI is InChI=1S/C17H11BrN2O3/c18-12-4-5-16(21)13(7-12)17(22)23-10-11-9-20-6-2-1-3-15(20)14(11)8-19/h1-7,9,21H,10H2. The van der Waals surface area contributed by atoms with E-state index in [1.165, 1.54) is 12.1 Å². The minimum absolute atomic E-state index is 0.0463. The van der Waals surface area contributed by atoms with Crippen LogP contribution in [0.3, 0.4) is 0 Å². The SMILES string of the molecule is N#Cc1c(COC(=O)c2cc(Br)ccc2O)cn2ccccc12. The second-order valence-electron chi connectivity index (χ2n) is 4.87. The first-order valence-corrected chi connectivity index (χ1v) is 7.54. The van der Waals surface area contributed by atoms with Gasteiger partial charge in [-0.2, -0.15) is 5.26 Å². The molecule has 2 heterocycles. The summed E-state index contributed by atoms with van der Waals surface area (Å²) in [6.07, 6.45) is 3.57. The number of esters is 1. The maximum Gasteiger partial charge on any atom is 0.342 e. The fourth-order valence-corrected chi connectivity index (χ4v) is 2.67. The lowest BCUT2D eigenvalue weighted by Crippen LogP contribution is -2.06. The van der Waals surface area contributed by atoms with Gasteiger partial charge in [-0.3, -0.25) is 0 Å². The highest BCUT2D eigenvalue weighted by Gasteiger charge is 2.16. The van der Waals surface area contributed by atoms with Crippen molar-refractivity contribution in [3.63, 3.8) is 0 Å². The third kappa shape index (κ3) is 2.91. The molecule has 0 radical (unpaired) electrons. The van der Waals surface area contributed by atoms with E-state index in [2.05, 4.69) is 22.0 Å². The van der Waals surface area contributed by atoms with Crippen molar-refractivity contribution in [2.24, 2.45) is 0 Å². The summed E-state index contributed by atoms with van der Waals surface area (Å²) >= 11 is 3.24. The van der Waals surface area contributed by atoms with Gasteiger partial charge in [0, 0.05) is 22.4 Å². The number of pyridine rings is 1. The third-order valence-corrected chi connectivity index (χ3v) is 3.90. The van der Waals surface area contributed by atoms with E-state index in [0.717, 1.165) is 5.52 Å². The minimum atomic E-state index is -0.650. The smallest absolute Gasteiger partial charge is 0.342 e. The molecular formula is C17H11BrN2O3. The summed E-state index contributed by atoms with van der Waals surface area (Å²) < 4.78 is 7.70. The van der Waals surface area contributed by atoms with Gasteiger partial charge in [-0.1, -0.05) is 22.0 Å². The fourth-order valence-electron chi connectivity index (χ4n) is 2.31. The minimum Gasteiger partial charge on any atom is -0.507 e. The van der Waals surface area contributed by atoms with Crippen molar-refractivity contribution < 1.29 is 14.6 Å². The molecule has 0 atom stereocenters. The van der Waals surface area contributed by atoms with Crippen LogP contribution in [-0.2, 0) is 11.3 Å². The average molecular weight is 371 g/mol. The Morgan fingerprint density at radius 1 is 1.35 bits per heavy atom. The Labute approximate surface area is 140 Å². The van der Waals surface area contributed by atoms with Crippen LogP contribution in [-0.4, -0.2) is 15.5 Å². The molecule has 0 saturated heterocycles. The fraction of sp³-hybridized carbons (Fsp3) is 0.0588. The number of phenols is 1. The summed E-state index contributed by atoms with van der Waals surface area (Å²) in [4.78, 5) is 12.1. The highest BCUT2D eigenvalue weighted by atomic mass is 79.9. The van der Waals surface area contributed by atoms with E-state index in [0.29, 0.717) is 15.6 Å². The van der Waals surface area contributed by atoms with Crippen molar-refractivity contribution in [3.05, 3.63) is 70.0 Å². The molecule has 2 aromatic heterocycles. The Kier molecular flexibility index (Phi) is 4.04. The molecule has 1 N–H and O–H groups in total. The van der Waals surface area contributed by atoms with Gasteiger partial charge in [-0.25, -0.2) is 4.79 Å². The van der Waals surface area contributed by atoms with E-state index in [4.69, 9.17) is 4.74 Å². The van der Waals surface area contributed by atoms with Gasteiger partial charge in [0.15, 0.2) is 0 Å². The molecule has 5 nitrogen and oxygen atoms in total. The molecule has 114 valence electrons. The molecule has 23 heavy (non-hydrogen) atoms. The lowest BCUT2D eigenvalue weighted by molar-refractivity contribution is 0.0469. The van der Waals surface area contributed by atoms with Crippen LogP contribution in [0.1, 0.15) is 21.5 Å². The normalized spacial score (nSPS) is 10.4. The molecule has 0 bridgehead atoms. The van der Waals surface area contributed by atoms with Crippen LogP contribution >= 0.6 is 15.9 Å². The van der Waals surface area contributed by atoms with Crippen LogP contribution in [0.2, 0.25) is 0 Å². The number of hydrogen-bond donors (Lipinski definition) is 1. The molecule has 0 amide bonds. The van der Waals surface area contributed by atoms with Crippen LogP contribution in [0.25, 0.3) is 5.52 Å². The number of aromatic nitrogens is 1. The molecular weight excluding hydrogens is 360 g/mol. The number of aromatic hydroxyl groups is 1. The number of fused-ring (bicyclic) bond motifs is 1. The molecule has 6 heteroatoms. The quantitative estimate of drug-likeness (QED) is 0.714. The number of nitrogens with zero attached hydrogens (tertiary/aromatic N) is 2. The van der Waals surface area contributed by atoms with E-state index in [9.17, 15) is 15.2 Å². The molecule has 0 unspecified atom stereocenters. The Hall–Kier alpha value is -2.78. The summed E-state index contributed by atoms with van der Waals surface area (Å²) in [5, 5.41) is 19.1. The highest BCUT2D eigenvalue weighted by molar-refractivity contribution is 9.10. The average Bonchev–Trinajstić information content (AvgIpc) is 2.92. The van der Waals surface area contributed by atoms with Crippen molar-refractivity contribution in [3.8, 4) is 11.8 Å². The zero-order valence-corrected chi connectivity index (χ0v) is 13.4. The molecule has 1 aromatic carbocycles. The summed E-state index contributed by atoms with van der Waals surface area (Å²) in [5.41, 5.74) is 1.91. The zero-order valence-electron chi connectivity index (χ0n) is 11.9. The van der Waals surface area contributed by atoms with E-state index in [-0.39, 0.29) is 17.9 Å². The Morgan fingerprint density at radius 2 is 2.17 bits per heavy atom. The number of nitriles is 1. The van der Waals surface area contributed by atoms with Crippen molar-refractivity contribution in [1.29, 1.82) is 5.26 Å². The van der Waals surface area contributed by atoms with Crippen LogP contribution < -0.4 is 0 Å². The highest BCUT2D eigenvalue weighted by Crippen LogP contribution is 2.24. The van der Waals surface area contributed by atoms with Gasteiger partial charge in [0.2, 0.25) is 0 Å². The molecule has 0 fully saturated rings. The number of ether oxygens (including phenoxy) is 1. The van der Waals surface area contributed by atoms with Crippen molar-refractivity contribution in [2.75, 3.05) is 0 Å². The third-order valence-electron chi connectivity index (χ3n) is 3.41. The van der Waals surface area contributed by atoms with E-state index >= 15 is 0 Å². The molecule has 0 aliphatic carbocycles. The predicted molar refractivity (Wildman–Crippen MR) is 87.0 cm³/mol. The van der Waals surface area contributed by atoms with Crippen LogP contribution in [0.4, 0.5) is 0 Å². The van der Waals surface area contributed by atoms with Crippen molar-refractivity contribution in [1.82, 2.24) is 4.40 Å². The van der Waals surface area contributed by atoms with Gasteiger partial charge in [0.05, 0.1) is 11.1 Å².